The Labute approximate surface area is 205 Å². The Morgan fingerprint density at radius 1 is 1.03 bits per heavy atom. The molecule has 0 spiro atoms. The third-order valence-electron chi connectivity index (χ3n) is 6.72. The van der Waals surface area contributed by atoms with Crippen molar-refractivity contribution in [1.29, 1.82) is 0 Å². The number of benzene rings is 2. The molecule has 2 N–H and O–H groups in total. The molecule has 1 aliphatic heterocycles. The number of nitrogens with zero attached hydrogens (tertiary/aromatic N) is 1. The Morgan fingerprint density at radius 3 is 2.50 bits per heavy atom. The van der Waals surface area contributed by atoms with Crippen LogP contribution in [0.4, 0.5) is 0 Å². The minimum atomic E-state index is -0.660. The zero-order valence-corrected chi connectivity index (χ0v) is 20.6. The molecule has 5 nitrogen and oxygen atoms in total. The van der Waals surface area contributed by atoms with Gasteiger partial charge in [-0.05, 0) is 63.8 Å². The number of hydrogen-bond donors (Lipinski definition) is 2. The lowest BCUT2D eigenvalue weighted by molar-refractivity contribution is 0.0823. The molecule has 5 rings (SSSR count). The molecule has 2 atom stereocenters. The summed E-state index contributed by atoms with van der Waals surface area (Å²) in [5, 5.41) is 7.61. The monoisotopic (exact) mass is 473 g/mol. The van der Waals surface area contributed by atoms with E-state index in [1.165, 1.54) is 5.56 Å². The summed E-state index contributed by atoms with van der Waals surface area (Å²) in [7, 11) is 0. The summed E-state index contributed by atoms with van der Waals surface area (Å²) in [6, 6.07) is 15.0. The van der Waals surface area contributed by atoms with E-state index < -0.39 is 6.04 Å². The molecule has 2 aliphatic rings. The zero-order chi connectivity index (χ0) is 23.7. The third kappa shape index (κ3) is 4.98. The minimum absolute atomic E-state index is 0.0980. The van der Waals surface area contributed by atoms with Crippen molar-refractivity contribution < 1.29 is 9.59 Å². The fraction of sp³-hybridized carbons (Fsp3) is 0.393. The van der Waals surface area contributed by atoms with Crippen molar-refractivity contribution in [3.8, 4) is 10.4 Å². The Hall–Kier alpha value is -2.83. The van der Waals surface area contributed by atoms with Crippen molar-refractivity contribution in [3.05, 3.63) is 75.9 Å². The smallest absolute Gasteiger partial charge is 0.251 e. The van der Waals surface area contributed by atoms with Crippen LogP contribution in [0.1, 0.15) is 75.0 Å². The van der Waals surface area contributed by atoms with Crippen LogP contribution in [-0.2, 0) is 0 Å². The molecule has 2 heterocycles. The zero-order valence-electron chi connectivity index (χ0n) is 19.8. The normalized spacial score (nSPS) is 18.9. The van der Waals surface area contributed by atoms with Crippen LogP contribution in [0.25, 0.3) is 10.4 Å². The number of thiazole rings is 1. The fourth-order valence-corrected chi connectivity index (χ4v) is 5.82. The van der Waals surface area contributed by atoms with Crippen molar-refractivity contribution >= 4 is 23.0 Å². The highest BCUT2D eigenvalue weighted by Crippen LogP contribution is 2.45. The summed E-state index contributed by atoms with van der Waals surface area (Å²) in [6.45, 7) is 4.87. The molecule has 2 fully saturated rings. The van der Waals surface area contributed by atoms with E-state index in [1.54, 1.807) is 17.4 Å². The second-order valence-electron chi connectivity index (χ2n) is 9.61. The predicted octanol–water partition coefficient (Wildman–Crippen LogP) is 5.43. The van der Waals surface area contributed by atoms with E-state index in [-0.39, 0.29) is 17.7 Å². The summed E-state index contributed by atoms with van der Waals surface area (Å²) in [5.41, 5.74) is 4.28. The number of piperidine rings is 1. The number of ketones is 1. The van der Waals surface area contributed by atoms with Crippen LogP contribution in [0.2, 0.25) is 0 Å². The average molecular weight is 474 g/mol. The molecule has 1 aliphatic carbocycles. The van der Waals surface area contributed by atoms with Crippen molar-refractivity contribution in [3.63, 3.8) is 0 Å². The molecule has 6 heteroatoms. The highest BCUT2D eigenvalue weighted by Gasteiger charge is 2.36. The first-order chi connectivity index (χ1) is 16.5. The van der Waals surface area contributed by atoms with Gasteiger partial charge in [0, 0.05) is 17.5 Å². The molecule has 1 saturated heterocycles. The molecule has 3 aromatic rings. The molecule has 0 radical (unpaired) electrons. The molecule has 1 amide bonds. The lowest BCUT2D eigenvalue weighted by Crippen LogP contribution is -2.55. The van der Waals surface area contributed by atoms with Gasteiger partial charge in [-0.3, -0.25) is 9.59 Å². The number of nitrogens with one attached hydrogen (secondary N) is 2. The van der Waals surface area contributed by atoms with Crippen molar-refractivity contribution in [2.75, 3.05) is 6.54 Å². The van der Waals surface area contributed by atoms with E-state index in [4.69, 9.17) is 4.98 Å². The van der Waals surface area contributed by atoms with Gasteiger partial charge in [-0.15, -0.1) is 11.3 Å². The van der Waals surface area contributed by atoms with E-state index >= 15 is 0 Å². The van der Waals surface area contributed by atoms with E-state index in [2.05, 4.69) is 41.8 Å². The van der Waals surface area contributed by atoms with Crippen LogP contribution < -0.4 is 10.6 Å². The van der Waals surface area contributed by atoms with Crippen LogP contribution in [-0.4, -0.2) is 35.3 Å². The van der Waals surface area contributed by atoms with Gasteiger partial charge >= 0.3 is 0 Å². The number of Topliss-reactive ketones (excluding diaryl/α,β-unsaturated/α-hetero) is 1. The van der Waals surface area contributed by atoms with Gasteiger partial charge in [-0.1, -0.05) is 53.9 Å². The number of aryl methyl sites for hydroxylation is 2. The molecular weight excluding hydrogens is 442 g/mol. The van der Waals surface area contributed by atoms with Gasteiger partial charge in [-0.25, -0.2) is 4.98 Å². The van der Waals surface area contributed by atoms with Crippen molar-refractivity contribution in [1.82, 2.24) is 15.6 Å². The van der Waals surface area contributed by atoms with E-state index in [1.807, 2.05) is 25.1 Å². The Kier molecular flexibility index (Phi) is 6.61. The van der Waals surface area contributed by atoms with Gasteiger partial charge in [0.1, 0.15) is 11.7 Å². The number of aromatic nitrogens is 1. The van der Waals surface area contributed by atoms with Gasteiger partial charge in [0.25, 0.3) is 5.91 Å². The second-order valence-corrected chi connectivity index (χ2v) is 10.6. The quantitative estimate of drug-likeness (QED) is 0.449. The van der Waals surface area contributed by atoms with Gasteiger partial charge < -0.3 is 10.6 Å². The van der Waals surface area contributed by atoms with Crippen LogP contribution in [0.15, 0.2) is 48.5 Å². The standard InChI is InChI=1S/C28H31N3O2S/c1-17-9-11-19(12-10-17)26-24(31-28(34-26)20-13-14-20)25(32)23(22-8-3-4-15-29-22)30-27(33)21-7-5-6-18(2)16-21/h5-7,9-12,16,20,22-23,29H,3-4,8,13-15H2,1-2H3,(H,30,33). The first-order valence-corrected chi connectivity index (χ1v) is 13.0. The number of carbonyl (C=O) groups is 2. The molecule has 176 valence electrons. The average Bonchev–Trinajstić information content (AvgIpc) is 3.61. The number of carbonyl (C=O) groups excluding carboxylic acids is 2. The molecule has 2 unspecified atom stereocenters. The van der Waals surface area contributed by atoms with E-state index in [0.29, 0.717) is 17.2 Å². The van der Waals surface area contributed by atoms with Gasteiger partial charge in [0.15, 0.2) is 0 Å². The molecular formula is C28H31N3O2S. The highest BCUT2D eigenvalue weighted by molar-refractivity contribution is 7.15. The first kappa shape index (κ1) is 22.9. The second kappa shape index (κ2) is 9.80. The Morgan fingerprint density at radius 2 is 1.82 bits per heavy atom. The number of hydrogen-bond acceptors (Lipinski definition) is 5. The SMILES string of the molecule is Cc1ccc(-c2sc(C3CC3)nc2C(=O)C(NC(=O)c2cccc(C)c2)C2CCCCN2)cc1. The van der Waals surface area contributed by atoms with Crippen molar-refractivity contribution in [2.24, 2.45) is 0 Å². The molecule has 1 saturated carbocycles. The van der Waals surface area contributed by atoms with Gasteiger partial charge in [0.05, 0.1) is 9.88 Å². The molecule has 0 bridgehead atoms. The number of rotatable bonds is 7. The van der Waals surface area contributed by atoms with Crippen LogP contribution in [0.3, 0.4) is 0 Å². The third-order valence-corrected chi connectivity index (χ3v) is 7.98. The maximum absolute atomic E-state index is 14.1. The summed E-state index contributed by atoms with van der Waals surface area (Å²) in [6.07, 6.45) is 5.24. The molecule has 34 heavy (non-hydrogen) atoms. The van der Waals surface area contributed by atoms with Crippen molar-refractivity contribution in [2.45, 2.75) is 64.0 Å². The predicted molar refractivity (Wildman–Crippen MR) is 137 cm³/mol. The first-order valence-electron chi connectivity index (χ1n) is 12.2. The summed E-state index contributed by atoms with van der Waals surface area (Å²) in [4.78, 5) is 33.1. The Bertz CT molecular complexity index is 1190. The fourth-order valence-electron chi connectivity index (χ4n) is 4.58. The minimum Gasteiger partial charge on any atom is -0.340 e. The van der Waals surface area contributed by atoms with Gasteiger partial charge in [0.2, 0.25) is 5.78 Å². The highest BCUT2D eigenvalue weighted by atomic mass is 32.1. The van der Waals surface area contributed by atoms with E-state index in [0.717, 1.165) is 59.7 Å². The van der Waals surface area contributed by atoms with Gasteiger partial charge in [-0.2, -0.15) is 0 Å². The van der Waals surface area contributed by atoms with E-state index in [9.17, 15) is 9.59 Å². The topological polar surface area (TPSA) is 71.1 Å². The lowest BCUT2D eigenvalue weighted by atomic mass is 9.92. The summed E-state index contributed by atoms with van der Waals surface area (Å²) >= 11 is 1.63. The molecule has 1 aromatic heterocycles. The van der Waals surface area contributed by atoms with Crippen LogP contribution in [0, 0.1) is 13.8 Å². The maximum atomic E-state index is 14.1. The van der Waals surface area contributed by atoms with Crippen LogP contribution >= 0.6 is 11.3 Å². The summed E-state index contributed by atoms with van der Waals surface area (Å²) in [5.74, 6) is 0.145. The van der Waals surface area contributed by atoms with Crippen LogP contribution in [0.5, 0.6) is 0 Å². The molecule has 2 aromatic carbocycles. The lowest BCUT2D eigenvalue weighted by Gasteiger charge is -2.31. The number of amides is 1. The Balaban J connectivity index is 1.50. The summed E-state index contributed by atoms with van der Waals surface area (Å²) < 4.78 is 0. The largest absolute Gasteiger partial charge is 0.340 e. The maximum Gasteiger partial charge on any atom is 0.251 e.